The van der Waals surface area contributed by atoms with Crippen LogP contribution in [0.1, 0.15) is 49.0 Å². The standard InChI is InChI=1S/C18H22N4O/c23-17(15-7-16-19-2-1-3-22(16)21-15)20-11-18-8-12-4-13(9-18)6-14(5-12)10-18/h1-3,7,12-14H,4-6,8-11H2,(H,20,23). The maximum Gasteiger partial charge on any atom is 0.271 e. The van der Waals surface area contributed by atoms with Crippen molar-refractivity contribution in [1.29, 1.82) is 0 Å². The molecule has 4 fully saturated rings. The number of aromatic nitrogens is 3. The second-order valence-corrected chi connectivity index (χ2v) is 8.05. The normalized spacial score (nSPS) is 34.9. The van der Waals surface area contributed by atoms with Gasteiger partial charge in [-0.05, 0) is 67.8 Å². The monoisotopic (exact) mass is 310 g/mol. The van der Waals surface area contributed by atoms with E-state index in [0.29, 0.717) is 16.8 Å². The molecule has 4 aliphatic rings. The summed E-state index contributed by atoms with van der Waals surface area (Å²) < 4.78 is 1.65. The minimum Gasteiger partial charge on any atom is -0.350 e. The fraction of sp³-hybridized carbons (Fsp3) is 0.611. The van der Waals surface area contributed by atoms with Gasteiger partial charge in [-0.25, -0.2) is 9.50 Å². The molecule has 2 aromatic rings. The van der Waals surface area contributed by atoms with E-state index in [2.05, 4.69) is 15.4 Å². The second-order valence-electron chi connectivity index (χ2n) is 8.05. The van der Waals surface area contributed by atoms with Crippen LogP contribution < -0.4 is 5.32 Å². The summed E-state index contributed by atoms with van der Waals surface area (Å²) in [6, 6.07) is 3.58. The van der Waals surface area contributed by atoms with E-state index in [0.717, 1.165) is 24.3 Å². The van der Waals surface area contributed by atoms with E-state index in [1.54, 1.807) is 16.8 Å². The van der Waals surface area contributed by atoms with Crippen LogP contribution in [-0.4, -0.2) is 27.0 Å². The first-order valence-corrected chi connectivity index (χ1v) is 8.78. The Morgan fingerprint density at radius 2 is 1.91 bits per heavy atom. The Balaban J connectivity index is 1.31. The van der Waals surface area contributed by atoms with Crippen molar-refractivity contribution in [2.45, 2.75) is 38.5 Å². The van der Waals surface area contributed by atoms with Gasteiger partial charge in [-0.2, -0.15) is 5.10 Å². The van der Waals surface area contributed by atoms with Crippen molar-refractivity contribution in [2.75, 3.05) is 6.54 Å². The summed E-state index contributed by atoms with van der Waals surface area (Å²) >= 11 is 0. The van der Waals surface area contributed by atoms with Gasteiger partial charge in [-0.3, -0.25) is 4.79 Å². The van der Waals surface area contributed by atoms with Crippen LogP contribution in [0.25, 0.3) is 5.65 Å². The Kier molecular flexibility index (Phi) is 2.82. The molecule has 6 rings (SSSR count). The highest BCUT2D eigenvalue weighted by molar-refractivity contribution is 5.93. The van der Waals surface area contributed by atoms with Gasteiger partial charge in [-0.15, -0.1) is 0 Å². The Morgan fingerprint density at radius 1 is 1.22 bits per heavy atom. The number of amides is 1. The zero-order valence-electron chi connectivity index (χ0n) is 13.2. The minimum atomic E-state index is -0.0637. The number of carbonyl (C=O) groups excluding carboxylic acids is 1. The fourth-order valence-corrected chi connectivity index (χ4v) is 5.81. The lowest BCUT2D eigenvalue weighted by atomic mass is 9.49. The molecule has 0 spiro atoms. The van der Waals surface area contributed by atoms with Gasteiger partial charge in [0.05, 0.1) is 0 Å². The smallest absolute Gasteiger partial charge is 0.271 e. The molecule has 2 aromatic heterocycles. The number of carbonyl (C=O) groups is 1. The topological polar surface area (TPSA) is 59.3 Å². The molecular formula is C18H22N4O. The van der Waals surface area contributed by atoms with Crippen LogP contribution in [0.3, 0.4) is 0 Å². The van der Waals surface area contributed by atoms with E-state index < -0.39 is 0 Å². The molecule has 4 aliphatic carbocycles. The van der Waals surface area contributed by atoms with Crippen molar-refractivity contribution in [1.82, 2.24) is 19.9 Å². The van der Waals surface area contributed by atoms with Gasteiger partial charge in [0.15, 0.2) is 11.3 Å². The number of fused-ring (bicyclic) bond motifs is 1. The van der Waals surface area contributed by atoms with Crippen molar-refractivity contribution in [3.63, 3.8) is 0 Å². The molecule has 1 N–H and O–H groups in total. The molecule has 0 unspecified atom stereocenters. The van der Waals surface area contributed by atoms with Crippen molar-refractivity contribution in [3.05, 3.63) is 30.2 Å². The van der Waals surface area contributed by atoms with Gasteiger partial charge >= 0.3 is 0 Å². The summed E-state index contributed by atoms with van der Waals surface area (Å²) in [5.74, 6) is 2.68. The van der Waals surface area contributed by atoms with Gasteiger partial charge in [-0.1, -0.05) is 0 Å². The number of hydrogen-bond donors (Lipinski definition) is 1. The van der Waals surface area contributed by atoms with Crippen molar-refractivity contribution >= 4 is 11.6 Å². The average Bonchev–Trinajstić information content (AvgIpc) is 2.95. The predicted octanol–water partition coefficient (Wildman–Crippen LogP) is 2.68. The van der Waals surface area contributed by atoms with E-state index in [-0.39, 0.29) is 5.91 Å². The van der Waals surface area contributed by atoms with Crippen LogP contribution in [0.15, 0.2) is 24.5 Å². The first-order chi connectivity index (χ1) is 11.2. The summed E-state index contributed by atoms with van der Waals surface area (Å²) in [7, 11) is 0. The third-order valence-corrected chi connectivity index (χ3v) is 6.26. The summed E-state index contributed by atoms with van der Waals surface area (Å²) in [5.41, 5.74) is 1.54. The minimum absolute atomic E-state index is 0.0637. The second kappa shape index (κ2) is 4.79. The van der Waals surface area contributed by atoms with Gasteiger partial charge in [0.25, 0.3) is 5.91 Å². The molecule has 4 saturated carbocycles. The number of nitrogens with one attached hydrogen (secondary N) is 1. The van der Waals surface area contributed by atoms with Gasteiger partial charge < -0.3 is 5.32 Å². The highest BCUT2D eigenvalue weighted by Gasteiger charge is 2.50. The molecule has 23 heavy (non-hydrogen) atoms. The molecule has 4 bridgehead atoms. The average molecular weight is 310 g/mol. The lowest BCUT2D eigenvalue weighted by Crippen LogP contribution is -2.51. The lowest BCUT2D eigenvalue weighted by molar-refractivity contribution is -0.0503. The summed E-state index contributed by atoms with van der Waals surface area (Å²) in [6.07, 6.45) is 11.8. The third-order valence-electron chi connectivity index (χ3n) is 6.26. The highest BCUT2D eigenvalue weighted by Crippen LogP contribution is 2.59. The van der Waals surface area contributed by atoms with Crippen molar-refractivity contribution in [3.8, 4) is 0 Å². The van der Waals surface area contributed by atoms with Crippen LogP contribution in [0, 0.1) is 23.2 Å². The Hall–Kier alpha value is -1.91. The maximum atomic E-state index is 12.5. The predicted molar refractivity (Wildman–Crippen MR) is 85.9 cm³/mol. The van der Waals surface area contributed by atoms with E-state index in [4.69, 9.17) is 0 Å². The summed E-state index contributed by atoms with van der Waals surface area (Å²) in [4.78, 5) is 16.7. The van der Waals surface area contributed by atoms with Crippen LogP contribution in [-0.2, 0) is 0 Å². The van der Waals surface area contributed by atoms with Crippen LogP contribution in [0.5, 0.6) is 0 Å². The first kappa shape index (κ1) is 13.5. The van der Waals surface area contributed by atoms with E-state index >= 15 is 0 Å². The van der Waals surface area contributed by atoms with Gasteiger partial charge in [0, 0.05) is 25.0 Å². The maximum absolute atomic E-state index is 12.5. The molecule has 0 saturated heterocycles. The molecule has 2 heterocycles. The molecular weight excluding hydrogens is 288 g/mol. The zero-order chi connectivity index (χ0) is 15.4. The zero-order valence-corrected chi connectivity index (χ0v) is 13.2. The van der Waals surface area contributed by atoms with Crippen molar-refractivity contribution < 1.29 is 4.79 Å². The fourth-order valence-electron chi connectivity index (χ4n) is 5.81. The first-order valence-electron chi connectivity index (χ1n) is 8.78. The molecule has 5 nitrogen and oxygen atoms in total. The molecule has 120 valence electrons. The van der Waals surface area contributed by atoms with Crippen molar-refractivity contribution in [2.24, 2.45) is 23.2 Å². The van der Waals surface area contributed by atoms with Gasteiger partial charge in [0.2, 0.25) is 0 Å². The van der Waals surface area contributed by atoms with E-state index in [9.17, 15) is 4.79 Å². The third kappa shape index (κ3) is 2.25. The SMILES string of the molecule is O=C(NCC12CC3CC(CC(C3)C1)C2)c1cc2ncccn2n1. The largest absolute Gasteiger partial charge is 0.350 e. The quantitative estimate of drug-likeness (QED) is 0.948. The number of hydrogen-bond acceptors (Lipinski definition) is 3. The highest BCUT2D eigenvalue weighted by atomic mass is 16.1. The van der Waals surface area contributed by atoms with E-state index in [1.807, 2.05) is 12.3 Å². The number of nitrogens with zero attached hydrogens (tertiary/aromatic N) is 3. The Morgan fingerprint density at radius 3 is 2.57 bits per heavy atom. The number of rotatable bonds is 3. The molecule has 0 radical (unpaired) electrons. The van der Waals surface area contributed by atoms with Crippen LogP contribution in [0.4, 0.5) is 0 Å². The molecule has 0 aliphatic heterocycles. The molecule has 0 aromatic carbocycles. The molecule has 5 heteroatoms. The Bertz CT molecular complexity index is 697. The van der Waals surface area contributed by atoms with E-state index in [1.165, 1.54) is 38.5 Å². The van der Waals surface area contributed by atoms with Crippen LogP contribution >= 0.6 is 0 Å². The summed E-state index contributed by atoms with van der Waals surface area (Å²) in [5, 5.41) is 7.49. The Labute approximate surface area is 135 Å². The van der Waals surface area contributed by atoms with Gasteiger partial charge in [0.1, 0.15) is 0 Å². The molecule has 1 amide bonds. The lowest BCUT2D eigenvalue weighted by Gasteiger charge is -2.56. The summed E-state index contributed by atoms with van der Waals surface area (Å²) in [6.45, 7) is 0.816. The van der Waals surface area contributed by atoms with Crippen LogP contribution in [0.2, 0.25) is 0 Å². The molecule has 0 atom stereocenters.